The van der Waals surface area contributed by atoms with Crippen LogP contribution in [0, 0.1) is 0 Å². The van der Waals surface area contributed by atoms with Gasteiger partial charge in [0.15, 0.2) is 0 Å². The Morgan fingerprint density at radius 3 is 2.50 bits per heavy atom. The van der Waals surface area contributed by atoms with Crippen molar-refractivity contribution in [2.45, 2.75) is 6.92 Å². The lowest BCUT2D eigenvalue weighted by Gasteiger charge is -2.36. The summed E-state index contributed by atoms with van der Waals surface area (Å²) in [5, 5.41) is 3.43. The Balaban J connectivity index is 1.53. The zero-order valence-electron chi connectivity index (χ0n) is 15.0. The first-order valence-corrected chi connectivity index (χ1v) is 9.28. The zero-order chi connectivity index (χ0) is 18.4. The number of carbonyl (C=O) groups excluding carboxylic acids is 1. The molecule has 0 aliphatic carbocycles. The van der Waals surface area contributed by atoms with E-state index in [2.05, 4.69) is 21.2 Å². The quantitative estimate of drug-likeness (QED) is 0.841. The molecule has 0 bridgehead atoms. The fourth-order valence-electron chi connectivity index (χ4n) is 3.10. The van der Waals surface area contributed by atoms with Gasteiger partial charge in [-0.1, -0.05) is 35.9 Å². The molecule has 6 heteroatoms. The first-order valence-electron chi connectivity index (χ1n) is 8.91. The maximum absolute atomic E-state index is 12.3. The van der Waals surface area contributed by atoms with E-state index in [0.29, 0.717) is 23.9 Å². The largest absolute Gasteiger partial charge is 0.492 e. The van der Waals surface area contributed by atoms with E-state index in [4.69, 9.17) is 16.3 Å². The molecule has 0 unspecified atom stereocenters. The van der Waals surface area contributed by atoms with Crippen molar-refractivity contribution in [1.29, 1.82) is 0 Å². The van der Waals surface area contributed by atoms with Crippen LogP contribution in [-0.4, -0.2) is 50.1 Å². The summed E-state index contributed by atoms with van der Waals surface area (Å²) in [7, 11) is 0. The first kappa shape index (κ1) is 18.5. The minimum Gasteiger partial charge on any atom is -0.492 e. The number of nitrogens with one attached hydrogen (secondary N) is 1. The van der Waals surface area contributed by atoms with E-state index in [1.807, 2.05) is 43.3 Å². The molecule has 1 heterocycles. The van der Waals surface area contributed by atoms with Gasteiger partial charge in [-0.05, 0) is 31.2 Å². The molecule has 138 valence electrons. The molecule has 0 atom stereocenters. The molecule has 0 aromatic heterocycles. The lowest BCUT2D eigenvalue weighted by molar-refractivity contribution is -0.117. The number of benzene rings is 2. The number of piperazine rings is 1. The Hall–Kier alpha value is -2.24. The van der Waals surface area contributed by atoms with Gasteiger partial charge in [-0.2, -0.15) is 0 Å². The highest BCUT2D eigenvalue weighted by molar-refractivity contribution is 6.33. The average molecular weight is 374 g/mol. The van der Waals surface area contributed by atoms with Crippen molar-refractivity contribution in [2.75, 3.05) is 49.5 Å². The average Bonchev–Trinajstić information content (AvgIpc) is 2.65. The third-order valence-electron chi connectivity index (χ3n) is 4.39. The summed E-state index contributed by atoms with van der Waals surface area (Å²) in [6, 6.07) is 15.4. The molecule has 1 amide bonds. The summed E-state index contributed by atoms with van der Waals surface area (Å²) in [5.41, 5.74) is 1.78. The molecule has 26 heavy (non-hydrogen) atoms. The zero-order valence-corrected chi connectivity index (χ0v) is 15.7. The second kappa shape index (κ2) is 8.92. The Morgan fingerprint density at radius 1 is 1.08 bits per heavy atom. The molecule has 2 aromatic carbocycles. The molecule has 1 N–H and O–H groups in total. The molecule has 0 spiro atoms. The number of hydrogen-bond donors (Lipinski definition) is 1. The summed E-state index contributed by atoms with van der Waals surface area (Å²) >= 11 is 6.09. The van der Waals surface area contributed by atoms with Crippen LogP contribution in [0.4, 0.5) is 11.4 Å². The van der Waals surface area contributed by atoms with Gasteiger partial charge in [0.2, 0.25) is 5.91 Å². The smallest absolute Gasteiger partial charge is 0.238 e. The van der Waals surface area contributed by atoms with Crippen LogP contribution in [0.15, 0.2) is 48.5 Å². The minimum atomic E-state index is -0.0405. The van der Waals surface area contributed by atoms with E-state index in [-0.39, 0.29) is 5.91 Å². The monoisotopic (exact) mass is 373 g/mol. The van der Waals surface area contributed by atoms with E-state index >= 15 is 0 Å². The number of halogens is 1. The highest BCUT2D eigenvalue weighted by Crippen LogP contribution is 2.28. The number of ether oxygens (including phenoxy) is 1. The minimum absolute atomic E-state index is 0.0405. The molecule has 3 rings (SSSR count). The van der Waals surface area contributed by atoms with Crippen molar-refractivity contribution >= 4 is 28.9 Å². The molecule has 1 saturated heterocycles. The highest BCUT2D eigenvalue weighted by atomic mass is 35.5. The number of carbonyl (C=O) groups is 1. The summed E-state index contributed by atoms with van der Waals surface area (Å²) in [4.78, 5) is 16.8. The maximum Gasteiger partial charge on any atom is 0.238 e. The third kappa shape index (κ3) is 4.68. The SMILES string of the molecule is CCOc1ccccc1N1CCN(CC(=O)Nc2ccccc2Cl)CC1. The van der Waals surface area contributed by atoms with Crippen LogP contribution in [0.25, 0.3) is 0 Å². The van der Waals surface area contributed by atoms with Crippen LogP contribution in [0.3, 0.4) is 0 Å². The number of para-hydroxylation sites is 3. The molecular formula is C20H24ClN3O2. The van der Waals surface area contributed by atoms with Crippen molar-refractivity contribution in [2.24, 2.45) is 0 Å². The first-order chi connectivity index (χ1) is 12.7. The Labute approximate surface area is 159 Å². The van der Waals surface area contributed by atoms with E-state index in [1.165, 1.54) is 0 Å². The van der Waals surface area contributed by atoms with Gasteiger partial charge in [0.1, 0.15) is 5.75 Å². The second-order valence-electron chi connectivity index (χ2n) is 6.19. The maximum atomic E-state index is 12.3. The number of rotatable bonds is 6. The molecule has 2 aromatic rings. The lowest BCUT2D eigenvalue weighted by Crippen LogP contribution is -2.48. The number of nitrogens with zero attached hydrogens (tertiary/aromatic N) is 2. The normalized spacial score (nSPS) is 14.9. The number of amides is 1. The standard InChI is InChI=1S/C20H24ClN3O2/c1-2-26-19-10-6-5-9-18(19)24-13-11-23(12-14-24)15-20(25)22-17-8-4-3-7-16(17)21/h3-10H,2,11-15H2,1H3,(H,22,25). The predicted octanol–water partition coefficient (Wildman–Crippen LogP) is 3.50. The summed E-state index contributed by atoms with van der Waals surface area (Å²) < 4.78 is 5.73. The van der Waals surface area contributed by atoms with Gasteiger partial charge in [-0.25, -0.2) is 0 Å². The van der Waals surface area contributed by atoms with Gasteiger partial charge in [0, 0.05) is 26.2 Å². The van der Waals surface area contributed by atoms with Crippen molar-refractivity contribution in [3.05, 3.63) is 53.6 Å². The van der Waals surface area contributed by atoms with Gasteiger partial charge in [0.05, 0.1) is 29.5 Å². The molecule has 1 fully saturated rings. The second-order valence-corrected chi connectivity index (χ2v) is 6.60. The van der Waals surface area contributed by atoms with E-state index in [1.54, 1.807) is 6.07 Å². The van der Waals surface area contributed by atoms with Gasteiger partial charge in [0.25, 0.3) is 0 Å². The van der Waals surface area contributed by atoms with Crippen molar-refractivity contribution in [1.82, 2.24) is 4.90 Å². The fraction of sp³-hybridized carbons (Fsp3) is 0.350. The number of hydrogen-bond acceptors (Lipinski definition) is 4. The molecule has 5 nitrogen and oxygen atoms in total. The van der Waals surface area contributed by atoms with Gasteiger partial charge >= 0.3 is 0 Å². The summed E-state index contributed by atoms with van der Waals surface area (Å²) in [6.45, 7) is 6.40. The molecule has 0 saturated carbocycles. The van der Waals surface area contributed by atoms with Gasteiger partial charge < -0.3 is 15.0 Å². The summed E-state index contributed by atoms with van der Waals surface area (Å²) in [5.74, 6) is 0.876. The van der Waals surface area contributed by atoms with E-state index < -0.39 is 0 Å². The number of anilines is 2. The Kier molecular flexibility index (Phi) is 6.36. The molecule has 1 aliphatic rings. The Bertz CT molecular complexity index is 745. The van der Waals surface area contributed by atoms with E-state index in [9.17, 15) is 4.79 Å². The lowest BCUT2D eigenvalue weighted by atomic mass is 10.2. The van der Waals surface area contributed by atoms with Crippen molar-refractivity contribution < 1.29 is 9.53 Å². The van der Waals surface area contributed by atoms with Crippen molar-refractivity contribution in [3.8, 4) is 5.75 Å². The molecule has 0 radical (unpaired) electrons. The van der Waals surface area contributed by atoms with Crippen LogP contribution in [-0.2, 0) is 4.79 Å². The van der Waals surface area contributed by atoms with Gasteiger partial charge in [-0.15, -0.1) is 0 Å². The summed E-state index contributed by atoms with van der Waals surface area (Å²) in [6.07, 6.45) is 0. The fourth-order valence-corrected chi connectivity index (χ4v) is 3.28. The van der Waals surface area contributed by atoms with Crippen LogP contribution in [0.2, 0.25) is 5.02 Å². The van der Waals surface area contributed by atoms with Gasteiger partial charge in [-0.3, -0.25) is 9.69 Å². The van der Waals surface area contributed by atoms with Crippen LogP contribution < -0.4 is 15.0 Å². The molecule has 1 aliphatic heterocycles. The Morgan fingerprint density at radius 2 is 1.77 bits per heavy atom. The third-order valence-corrected chi connectivity index (χ3v) is 4.72. The van der Waals surface area contributed by atoms with Crippen LogP contribution in [0.1, 0.15) is 6.92 Å². The van der Waals surface area contributed by atoms with Crippen LogP contribution in [0.5, 0.6) is 5.75 Å². The topological polar surface area (TPSA) is 44.8 Å². The van der Waals surface area contributed by atoms with E-state index in [0.717, 1.165) is 37.6 Å². The predicted molar refractivity (Wildman–Crippen MR) is 106 cm³/mol. The highest BCUT2D eigenvalue weighted by Gasteiger charge is 2.21. The molecular weight excluding hydrogens is 350 g/mol. The van der Waals surface area contributed by atoms with Crippen LogP contribution >= 0.6 is 11.6 Å². The van der Waals surface area contributed by atoms with Crippen molar-refractivity contribution in [3.63, 3.8) is 0 Å².